The molecule has 0 radical (unpaired) electrons. The molecule has 2 unspecified atom stereocenters. The van der Waals surface area contributed by atoms with Gasteiger partial charge in [-0.2, -0.15) is 0 Å². The maximum atomic E-state index is 5.50. The fourth-order valence-electron chi connectivity index (χ4n) is 2.08. The highest BCUT2D eigenvalue weighted by Gasteiger charge is 2.37. The third-order valence-electron chi connectivity index (χ3n) is 2.84. The summed E-state index contributed by atoms with van der Waals surface area (Å²) in [5, 5.41) is 0. The second-order valence-electron chi connectivity index (χ2n) is 4.27. The summed E-state index contributed by atoms with van der Waals surface area (Å²) < 4.78 is 5.50. The standard InChI is InChI=1S/C9H19NO2/c1-7-8(4-5-11-7)9(2,3)6-12-10/h7-8H,4-6,10H2,1-3H3. The van der Waals surface area contributed by atoms with Crippen molar-refractivity contribution in [1.82, 2.24) is 0 Å². The van der Waals surface area contributed by atoms with Crippen molar-refractivity contribution in [1.29, 1.82) is 0 Å². The first kappa shape index (κ1) is 9.96. The van der Waals surface area contributed by atoms with Crippen LogP contribution in [0.2, 0.25) is 0 Å². The van der Waals surface area contributed by atoms with Crippen LogP contribution in [0.3, 0.4) is 0 Å². The first-order chi connectivity index (χ1) is 5.58. The van der Waals surface area contributed by atoms with Gasteiger partial charge < -0.3 is 9.57 Å². The highest BCUT2D eigenvalue weighted by atomic mass is 16.6. The van der Waals surface area contributed by atoms with Gasteiger partial charge in [-0.25, -0.2) is 5.90 Å². The van der Waals surface area contributed by atoms with Crippen molar-refractivity contribution in [3.05, 3.63) is 0 Å². The zero-order chi connectivity index (χ0) is 9.19. The summed E-state index contributed by atoms with van der Waals surface area (Å²) in [5.74, 6) is 5.66. The molecular formula is C9H19NO2. The van der Waals surface area contributed by atoms with E-state index in [0.29, 0.717) is 18.6 Å². The van der Waals surface area contributed by atoms with Gasteiger partial charge in [-0.15, -0.1) is 0 Å². The van der Waals surface area contributed by atoms with Gasteiger partial charge in [-0.05, 0) is 24.7 Å². The maximum Gasteiger partial charge on any atom is 0.0733 e. The molecular weight excluding hydrogens is 154 g/mol. The zero-order valence-corrected chi connectivity index (χ0v) is 8.17. The van der Waals surface area contributed by atoms with Crippen molar-refractivity contribution in [2.45, 2.75) is 33.3 Å². The van der Waals surface area contributed by atoms with Crippen molar-refractivity contribution < 1.29 is 9.57 Å². The Morgan fingerprint density at radius 1 is 1.58 bits per heavy atom. The van der Waals surface area contributed by atoms with Gasteiger partial charge in [0.2, 0.25) is 0 Å². The summed E-state index contributed by atoms with van der Waals surface area (Å²) in [7, 11) is 0. The molecule has 0 saturated carbocycles. The minimum absolute atomic E-state index is 0.130. The lowest BCUT2D eigenvalue weighted by molar-refractivity contribution is 0.000472. The first-order valence-corrected chi connectivity index (χ1v) is 4.51. The van der Waals surface area contributed by atoms with Crippen molar-refractivity contribution >= 4 is 0 Å². The Kier molecular flexibility index (Phi) is 3.09. The molecule has 1 rings (SSSR count). The lowest BCUT2D eigenvalue weighted by Crippen LogP contribution is -2.34. The summed E-state index contributed by atoms with van der Waals surface area (Å²) in [6, 6.07) is 0. The van der Waals surface area contributed by atoms with E-state index >= 15 is 0 Å². The number of ether oxygens (including phenoxy) is 1. The molecule has 2 atom stereocenters. The van der Waals surface area contributed by atoms with Crippen LogP contribution in [0.1, 0.15) is 27.2 Å². The van der Waals surface area contributed by atoms with Crippen molar-refractivity contribution in [2.75, 3.05) is 13.2 Å². The Morgan fingerprint density at radius 3 is 2.67 bits per heavy atom. The van der Waals surface area contributed by atoms with Crippen molar-refractivity contribution in [3.8, 4) is 0 Å². The lowest BCUT2D eigenvalue weighted by atomic mass is 9.76. The van der Waals surface area contributed by atoms with Gasteiger partial charge >= 0.3 is 0 Å². The van der Waals surface area contributed by atoms with E-state index in [1.165, 1.54) is 0 Å². The highest BCUT2D eigenvalue weighted by molar-refractivity contribution is 4.85. The fourth-order valence-corrected chi connectivity index (χ4v) is 2.08. The molecule has 0 aliphatic carbocycles. The van der Waals surface area contributed by atoms with Gasteiger partial charge in [-0.3, -0.25) is 0 Å². The molecule has 1 heterocycles. The van der Waals surface area contributed by atoms with E-state index in [9.17, 15) is 0 Å². The topological polar surface area (TPSA) is 44.5 Å². The maximum absolute atomic E-state index is 5.50. The molecule has 2 N–H and O–H groups in total. The molecule has 1 saturated heterocycles. The van der Waals surface area contributed by atoms with Crippen LogP contribution in [0, 0.1) is 11.3 Å². The largest absolute Gasteiger partial charge is 0.378 e. The Morgan fingerprint density at radius 2 is 2.25 bits per heavy atom. The van der Waals surface area contributed by atoms with Crippen LogP contribution in [0.15, 0.2) is 0 Å². The van der Waals surface area contributed by atoms with Gasteiger partial charge in [0.1, 0.15) is 0 Å². The first-order valence-electron chi connectivity index (χ1n) is 4.51. The van der Waals surface area contributed by atoms with Crippen LogP contribution >= 0.6 is 0 Å². The molecule has 0 bridgehead atoms. The fraction of sp³-hybridized carbons (Fsp3) is 1.00. The van der Waals surface area contributed by atoms with Crippen LogP contribution in [0.5, 0.6) is 0 Å². The van der Waals surface area contributed by atoms with Crippen molar-refractivity contribution in [2.24, 2.45) is 17.2 Å². The number of rotatable bonds is 3. The molecule has 1 aliphatic heterocycles. The van der Waals surface area contributed by atoms with Crippen LogP contribution in [-0.2, 0) is 9.57 Å². The Labute approximate surface area is 74.2 Å². The Hall–Kier alpha value is -0.120. The minimum atomic E-state index is 0.130. The van der Waals surface area contributed by atoms with Crippen LogP contribution in [0.4, 0.5) is 0 Å². The minimum Gasteiger partial charge on any atom is -0.378 e. The van der Waals surface area contributed by atoms with E-state index < -0.39 is 0 Å². The van der Waals surface area contributed by atoms with Gasteiger partial charge in [0.25, 0.3) is 0 Å². The van der Waals surface area contributed by atoms with E-state index in [1.54, 1.807) is 0 Å². The molecule has 0 aromatic rings. The van der Waals surface area contributed by atoms with Crippen LogP contribution in [0.25, 0.3) is 0 Å². The zero-order valence-electron chi connectivity index (χ0n) is 8.17. The Balaban J connectivity index is 2.54. The summed E-state index contributed by atoms with van der Waals surface area (Å²) >= 11 is 0. The average Bonchev–Trinajstić information content (AvgIpc) is 2.35. The molecule has 0 spiro atoms. The normalized spacial score (nSPS) is 31.0. The SMILES string of the molecule is CC1OCCC1C(C)(C)CON. The highest BCUT2D eigenvalue weighted by Crippen LogP contribution is 2.37. The van der Waals surface area contributed by atoms with Crippen LogP contribution < -0.4 is 5.90 Å². The molecule has 72 valence electrons. The number of hydrogen-bond acceptors (Lipinski definition) is 3. The van der Waals surface area contributed by atoms with Gasteiger partial charge in [0.15, 0.2) is 0 Å². The predicted molar refractivity (Wildman–Crippen MR) is 47.4 cm³/mol. The molecule has 3 nitrogen and oxygen atoms in total. The molecule has 3 heteroatoms. The molecule has 1 aliphatic rings. The quantitative estimate of drug-likeness (QED) is 0.655. The molecule has 12 heavy (non-hydrogen) atoms. The third kappa shape index (κ3) is 1.97. The molecule has 1 fully saturated rings. The van der Waals surface area contributed by atoms with E-state index in [0.717, 1.165) is 13.0 Å². The smallest absolute Gasteiger partial charge is 0.0733 e. The average molecular weight is 173 g/mol. The second-order valence-corrected chi connectivity index (χ2v) is 4.27. The number of hydrogen-bond donors (Lipinski definition) is 1. The van der Waals surface area contributed by atoms with E-state index in [-0.39, 0.29) is 5.41 Å². The monoisotopic (exact) mass is 173 g/mol. The second kappa shape index (κ2) is 3.73. The van der Waals surface area contributed by atoms with E-state index in [1.807, 2.05) is 0 Å². The van der Waals surface area contributed by atoms with Gasteiger partial charge in [-0.1, -0.05) is 13.8 Å². The molecule has 0 aromatic carbocycles. The van der Waals surface area contributed by atoms with Gasteiger partial charge in [0.05, 0.1) is 12.7 Å². The third-order valence-corrected chi connectivity index (χ3v) is 2.84. The Bertz CT molecular complexity index is 147. The molecule has 0 amide bonds. The lowest BCUT2D eigenvalue weighted by Gasteiger charge is -2.32. The number of nitrogens with two attached hydrogens (primary N) is 1. The van der Waals surface area contributed by atoms with E-state index in [2.05, 4.69) is 20.8 Å². The van der Waals surface area contributed by atoms with E-state index in [4.69, 9.17) is 15.5 Å². The predicted octanol–water partition coefficient (Wildman–Crippen LogP) is 1.33. The summed E-state index contributed by atoms with van der Waals surface area (Å²) in [5.41, 5.74) is 0.130. The summed E-state index contributed by atoms with van der Waals surface area (Å²) in [6.07, 6.45) is 1.47. The van der Waals surface area contributed by atoms with Gasteiger partial charge in [0, 0.05) is 6.61 Å². The summed E-state index contributed by atoms with van der Waals surface area (Å²) in [4.78, 5) is 4.71. The van der Waals surface area contributed by atoms with Crippen LogP contribution in [-0.4, -0.2) is 19.3 Å². The summed E-state index contributed by atoms with van der Waals surface area (Å²) in [6.45, 7) is 7.95. The molecule has 0 aromatic heterocycles. The van der Waals surface area contributed by atoms with Crippen molar-refractivity contribution in [3.63, 3.8) is 0 Å².